The Kier molecular flexibility index (Phi) is 3.58. The summed E-state index contributed by atoms with van der Waals surface area (Å²) in [6.07, 6.45) is 1.87. The number of aliphatic hydroxyl groups is 1. The first-order chi connectivity index (χ1) is 10.2. The Labute approximate surface area is 123 Å². The van der Waals surface area contributed by atoms with E-state index in [1.807, 2.05) is 44.4 Å². The fourth-order valence-corrected chi connectivity index (χ4v) is 2.38. The second-order valence-electron chi connectivity index (χ2n) is 5.13. The highest BCUT2D eigenvalue weighted by atomic mass is 16.3. The van der Waals surface area contributed by atoms with Gasteiger partial charge in [0.05, 0.1) is 12.3 Å². The van der Waals surface area contributed by atoms with Crippen molar-refractivity contribution in [2.75, 3.05) is 5.32 Å². The van der Waals surface area contributed by atoms with E-state index in [9.17, 15) is 0 Å². The van der Waals surface area contributed by atoms with E-state index in [1.54, 1.807) is 4.68 Å². The Morgan fingerprint density at radius 3 is 2.67 bits per heavy atom. The molecule has 5 nitrogen and oxygen atoms in total. The standard InChI is InChI=1S/C16H18N4O/c1-11-15-7-13(9-18-16(15)20(2)19-11)8-17-14-5-3-12(10-21)4-6-14/h3-7,9,17,21H,8,10H2,1-2H3. The van der Waals surface area contributed by atoms with E-state index in [0.717, 1.165) is 33.5 Å². The predicted molar refractivity (Wildman–Crippen MR) is 82.9 cm³/mol. The third-order valence-corrected chi connectivity index (χ3v) is 3.55. The number of fused-ring (bicyclic) bond motifs is 1. The van der Waals surface area contributed by atoms with Crippen LogP contribution in [0.4, 0.5) is 5.69 Å². The highest BCUT2D eigenvalue weighted by Gasteiger charge is 2.06. The van der Waals surface area contributed by atoms with Gasteiger partial charge in [-0.25, -0.2) is 4.98 Å². The molecule has 0 amide bonds. The Hall–Kier alpha value is -2.40. The van der Waals surface area contributed by atoms with E-state index in [2.05, 4.69) is 21.5 Å². The molecule has 0 atom stereocenters. The van der Waals surface area contributed by atoms with Crippen LogP contribution in [0.2, 0.25) is 0 Å². The van der Waals surface area contributed by atoms with E-state index in [0.29, 0.717) is 6.54 Å². The van der Waals surface area contributed by atoms with Crippen LogP contribution in [0.25, 0.3) is 11.0 Å². The molecular weight excluding hydrogens is 264 g/mol. The zero-order chi connectivity index (χ0) is 14.8. The van der Waals surface area contributed by atoms with Gasteiger partial charge in [-0.1, -0.05) is 12.1 Å². The number of rotatable bonds is 4. The maximum Gasteiger partial charge on any atom is 0.157 e. The van der Waals surface area contributed by atoms with Crippen molar-refractivity contribution in [1.29, 1.82) is 0 Å². The lowest BCUT2D eigenvalue weighted by molar-refractivity contribution is 0.282. The summed E-state index contributed by atoms with van der Waals surface area (Å²) in [4.78, 5) is 4.47. The molecule has 0 aliphatic rings. The normalized spacial score (nSPS) is 11.0. The number of nitrogens with zero attached hydrogens (tertiary/aromatic N) is 3. The van der Waals surface area contributed by atoms with Crippen LogP contribution in [0.5, 0.6) is 0 Å². The monoisotopic (exact) mass is 282 g/mol. The molecule has 0 fully saturated rings. The van der Waals surface area contributed by atoms with Gasteiger partial charge >= 0.3 is 0 Å². The first-order valence-corrected chi connectivity index (χ1v) is 6.89. The van der Waals surface area contributed by atoms with E-state index < -0.39 is 0 Å². The largest absolute Gasteiger partial charge is 0.392 e. The van der Waals surface area contributed by atoms with E-state index in [-0.39, 0.29) is 6.61 Å². The maximum atomic E-state index is 9.03. The summed E-state index contributed by atoms with van der Waals surface area (Å²) in [5.41, 5.74) is 4.95. The van der Waals surface area contributed by atoms with Crippen LogP contribution in [0, 0.1) is 6.92 Å². The molecule has 0 aliphatic carbocycles. The minimum Gasteiger partial charge on any atom is -0.392 e. The van der Waals surface area contributed by atoms with Crippen LogP contribution in [-0.2, 0) is 20.2 Å². The van der Waals surface area contributed by atoms with E-state index in [4.69, 9.17) is 5.11 Å². The van der Waals surface area contributed by atoms with Gasteiger partial charge in [-0.15, -0.1) is 0 Å². The summed E-state index contributed by atoms with van der Waals surface area (Å²) in [5, 5.41) is 17.9. The van der Waals surface area contributed by atoms with Gasteiger partial charge in [0.25, 0.3) is 0 Å². The Bertz CT molecular complexity index is 762. The van der Waals surface area contributed by atoms with Gasteiger partial charge in [-0.2, -0.15) is 5.10 Å². The van der Waals surface area contributed by atoms with Gasteiger partial charge in [0, 0.05) is 30.9 Å². The number of pyridine rings is 1. The predicted octanol–water partition coefficient (Wildman–Crippen LogP) is 2.38. The number of benzene rings is 1. The fourth-order valence-electron chi connectivity index (χ4n) is 2.38. The van der Waals surface area contributed by atoms with Crippen molar-refractivity contribution in [3.8, 4) is 0 Å². The summed E-state index contributed by atoms with van der Waals surface area (Å²) in [5.74, 6) is 0. The topological polar surface area (TPSA) is 63.0 Å². The molecule has 0 bridgehead atoms. The van der Waals surface area contributed by atoms with Crippen LogP contribution in [0.3, 0.4) is 0 Å². The molecule has 108 valence electrons. The summed E-state index contributed by atoms with van der Waals surface area (Å²) in [7, 11) is 1.91. The molecule has 0 saturated carbocycles. The molecule has 3 rings (SSSR count). The van der Waals surface area contributed by atoms with Gasteiger partial charge in [-0.05, 0) is 36.2 Å². The zero-order valence-corrected chi connectivity index (χ0v) is 12.2. The first-order valence-electron chi connectivity index (χ1n) is 6.89. The minimum atomic E-state index is 0.0706. The van der Waals surface area contributed by atoms with Crippen molar-refractivity contribution in [1.82, 2.24) is 14.8 Å². The van der Waals surface area contributed by atoms with Crippen LogP contribution >= 0.6 is 0 Å². The minimum absolute atomic E-state index is 0.0706. The van der Waals surface area contributed by atoms with E-state index in [1.165, 1.54) is 0 Å². The average Bonchev–Trinajstić information content (AvgIpc) is 2.80. The van der Waals surface area contributed by atoms with Crippen molar-refractivity contribution in [2.24, 2.45) is 7.05 Å². The molecule has 5 heteroatoms. The number of nitrogens with one attached hydrogen (secondary N) is 1. The van der Waals surface area contributed by atoms with Gasteiger partial charge in [0.15, 0.2) is 5.65 Å². The number of anilines is 1. The van der Waals surface area contributed by atoms with Crippen molar-refractivity contribution in [3.05, 3.63) is 53.3 Å². The van der Waals surface area contributed by atoms with Gasteiger partial charge in [-0.3, -0.25) is 4.68 Å². The average molecular weight is 282 g/mol. The van der Waals surface area contributed by atoms with Gasteiger partial charge in [0.2, 0.25) is 0 Å². The number of aryl methyl sites for hydroxylation is 2. The van der Waals surface area contributed by atoms with Gasteiger partial charge in [0.1, 0.15) is 0 Å². The summed E-state index contributed by atoms with van der Waals surface area (Å²) < 4.78 is 1.80. The molecule has 0 saturated heterocycles. The molecule has 2 N–H and O–H groups in total. The lowest BCUT2D eigenvalue weighted by atomic mass is 10.2. The molecule has 0 unspecified atom stereocenters. The smallest absolute Gasteiger partial charge is 0.157 e. The van der Waals surface area contributed by atoms with E-state index >= 15 is 0 Å². The van der Waals surface area contributed by atoms with Crippen molar-refractivity contribution in [3.63, 3.8) is 0 Å². The number of aromatic nitrogens is 3. The summed E-state index contributed by atoms with van der Waals surface area (Å²) >= 11 is 0. The van der Waals surface area contributed by atoms with Crippen molar-refractivity contribution < 1.29 is 5.11 Å². The maximum absolute atomic E-state index is 9.03. The zero-order valence-electron chi connectivity index (χ0n) is 12.2. The molecule has 0 radical (unpaired) electrons. The second kappa shape index (κ2) is 5.54. The quantitative estimate of drug-likeness (QED) is 0.771. The van der Waals surface area contributed by atoms with Gasteiger partial charge < -0.3 is 10.4 Å². The van der Waals surface area contributed by atoms with Crippen LogP contribution in [0.1, 0.15) is 16.8 Å². The Balaban J connectivity index is 1.76. The van der Waals surface area contributed by atoms with Crippen LogP contribution < -0.4 is 5.32 Å². The third-order valence-electron chi connectivity index (χ3n) is 3.55. The summed E-state index contributed by atoms with van der Waals surface area (Å²) in [6.45, 7) is 2.77. The SMILES string of the molecule is Cc1nn(C)c2ncc(CNc3ccc(CO)cc3)cc12. The molecule has 2 aromatic heterocycles. The van der Waals surface area contributed by atoms with Crippen molar-refractivity contribution in [2.45, 2.75) is 20.1 Å². The highest BCUT2D eigenvalue weighted by Crippen LogP contribution is 2.17. The number of aliphatic hydroxyl groups excluding tert-OH is 1. The first kappa shape index (κ1) is 13.6. The van der Waals surface area contributed by atoms with Crippen LogP contribution in [-0.4, -0.2) is 19.9 Å². The molecule has 2 heterocycles. The molecule has 3 aromatic rings. The molecule has 1 aromatic carbocycles. The highest BCUT2D eigenvalue weighted by molar-refractivity contribution is 5.78. The number of hydrogen-bond acceptors (Lipinski definition) is 4. The second-order valence-corrected chi connectivity index (χ2v) is 5.13. The summed E-state index contributed by atoms with van der Waals surface area (Å²) in [6, 6.07) is 9.88. The Morgan fingerprint density at radius 2 is 1.95 bits per heavy atom. The molecule has 0 spiro atoms. The molecule has 0 aliphatic heterocycles. The van der Waals surface area contributed by atoms with Crippen molar-refractivity contribution >= 4 is 16.7 Å². The lowest BCUT2D eigenvalue weighted by Crippen LogP contribution is -2.00. The lowest BCUT2D eigenvalue weighted by Gasteiger charge is -2.07. The number of hydrogen-bond donors (Lipinski definition) is 2. The molecule has 21 heavy (non-hydrogen) atoms. The Morgan fingerprint density at radius 1 is 1.19 bits per heavy atom. The molecular formula is C16H18N4O. The fraction of sp³-hybridized carbons (Fsp3) is 0.250. The van der Waals surface area contributed by atoms with Crippen LogP contribution in [0.15, 0.2) is 36.5 Å². The third kappa shape index (κ3) is 2.73.